The van der Waals surface area contributed by atoms with E-state index in [4.69, 9.17) is 9.84 Å². The Balaban J connectivity index is 2.96. The predicted octanol–water partition coefficient (Wildman–Crippen LogP) is 2.79. The zero-order valence-corrected chi connectivity index (χ0v) is 11.5. The van der Waals surface area contributed by atoms with Gasteiger partial charge in [0, 0.05) is 6.04 Å². The molecule has 20 heavy (non-hydrogen) atoms. The summed E-state index contributed by atoms with van der Waals surface area (Å²) in [6.07, 6.45) is -6.27. The first-order chi connectivity index (χ1) is 8.92. The van der Waals surface area contributed by atoms with E-state index in [9.17, 15) is 22.8 Å². The van der Waals surface area contributed by atoms with E-state index in [1.807, 2.05) is 0 Å². The number of carbonyl (C=O) groups excluding carboxylic acids is 1. The lowest BCUT2D eigenvalue weighted by Gasteiger charge is -2.34. The van der Waals surface area contributed by atoms with Crippen LogP contribution in [0.4, 0.5) is 18.0 Å². The van der Waals surface area contributed by atoms with Gasteiger partial charge in [-0.15, -0.1) is 0 Å². The van der Waals surface area contributed by atoms with Gasteiger partial charge in [-0.05, 0) is 33.6 Å². The van der Waals surface area contributed by atoms with Gasteiger partial charge in [0.1, 0.15) is 11.6 Å². The summed E-state index contributed by atoms with van der Waals surface area (Å²) in [6.45, 7) is 4.61. The van der Waals surface area contributed by atoms with Gasteiger partial charge < -0.3 is 9.84 Å². The van der Waals surface area contributed by atoms with Gasteiger partial charge in [0.05, 0.1) is 6.42 Å². The molecule has 1 aliphatic rings. The summed E-state index contributed by atoms with van der Waals surface area (Å²) in [5, 5.41) is 8.63. The van der Waals surface area contributed by atoms with Crippen LogP contribution >= 0.6 is 0 Å². The molecule has 8 heteroatoms. The highest BCUT2D eigenvalue weighted by Gasteiger charge is 2.52. The summed E-state index contributed by atoms with van der Waals surface area (Å²) in [6, 6.07) is -2.96. The topological polar surface area (TPSA) is 66.8 Å². The normalized spacial score (nSPS) is 17.5. The van der Waals surface area contributed by atoms with Crippen molar-refractivity contribution in [2.24, 2.45) is 0 Å². The van der Waals surface area contributed by atoms with Crippen LogP contribution in [0.1, 0.15) is 40.0 Å². The van der Waals surface area contributed by atoms with E-state index in [-0.39, 0.29) is 0 Å². The third-order valence-corrected chi connectivity index (χ3v) is 2.63. The molecule has 0 heterocycles. The molecular weight excluding hydrogens is 279 g/mol. The fourth-order valence-electron chi connectivity index (χ4n) is 1.74. The highest BCUT2D eigenvalue weighted by molar-refractivity contribution is 5.72. The minimum absolute atomic E-state index is 0.422. The van der Waals surface area contributed by atoms with E-state index >= 15 is 0 Å². The van der Waals surface area contributed by atoms with Crippen LogP contribution < -0.4 is 0 Å². The predicted molar refractivity (Wildman–Crippen MR) is 63.2 cm³/mol. The fourth-order valence-corrected chi connectivity index (χ4v) is 1.74. The summed E-state index contributed by atoms with van der Waals surface area (Å²) in [5.41, 5.74) is -0.941. The number of hydrogen-bond acceptors (Lipinski definition) is 3. The van der Waals surface area contributed by atoms with Gasteiger partial charge >= 0.3 is 18.2 Å². The van der Waals surface area contributed by atoms with Crippen LogP contribution in [0, 0.1) is 0 Å². The molecule has 1 N–H and O–H groups in total. The number of alkyl halides is 3. The second kappa shape index (κ2) is 5.49. The molecule has 1 amide bonds. The first-order valence-electron chi connectivity index (χ1n) is 6.21. The van der Waals surface area contributed by atoms with E-state index < -0.39 is 42.3 Å². The van der Waals surface area contributed by atoms with E-state index in [2.05, 4.69) is 0 Å². The van der Waals surface area contributed by atoms with Crippen LogP contribution in [0.3, 0.4) is 0 Å². The molecular formula is C12H18F3NO4. The molecule has 1 saturated carbocycles. The zero-order chi connectivity index (χ0) is 15.7. The van der Waals surface area contributed by atoms with Crippen LogP contribution in [0.25, 0.3) is 0 Å². The number of carboxylic acids is 1. The van der Waals surface area contributed by atoms with Crippen molar-refractivity contribution in [2.75, 3.05) is 0 Å². The molecule has 1 aliphatic carbocycles. The SMILES string of the molecule is CC(C)(C)OC(=O)N(C1CC1)C(CC(=O)O)C(F)(F)F. The summed E-state index contributed by atoms with van der Waals surface area (Å²) >= 11 is 0. The average molecular weight is 297 g/mol. The lowest BCUT2D eigenvalue weighted by atomic mass is 10.1. The molecule has 0 radical (unpaired) electrons. The van der Waals surface area contributed by atoms with Gasteiger partial charge in [0.25, 0.3) is 0 Å². The Bertz CT molecular complexity index is 385. The fraction of sp³-hybridized carbons (Fsp3) is 0.833. The zero-order valence-electron chi connectivity index (χ0n) is 11.5. The molecule has 0 saturated heterocycles. The maximum absolute atomic E-state index is 13.0. The van der Waals surface area contributed by atoms with Gasteiger partial charge in [-0.1, -0.05) is 0 Å². The van der Waals surface area contributed by atoms with Crippen molar-refractivity contribution in [3.8, 4) is 0 Å². The van der Waals surface area contributed by atoms with Crippen molar-refractivity contribution in [1.29, 1.82) is 0 Å². The summed E-state index contributed by atoms with van der Waals surface area (Å²) in [4.78, 5) is 23.1. The van der Waals surface area contributed by atoms with Crippen LogP contribution in [0.15, 0.2) is 0 Å². The lowest BCUT2D eigenvalue weighted by molar-refractivity contribution is -0.188. The Labute approximate surface area is 114 Å². The Morgan fingerprint density at radius 1 is 1.30 bits per heavy atom. The lowest BCUT2D eigenvalue weighted by Crippen LogP contribution is -2.52. The number of ether oxygens (including phenoxy) is 1. The quantitative estimate of drug-likeness (QED) is 0.866. The Morgan fingerprint density at radius 2 is 1.80 bits per heavy atom. The number of rotatable bonds is 4. The Morgan fingerprint density at radius 3 is 2.10 bits per heavy atom. The number of amides is 1. The largest absolute Gasteiger partial charge is 0.481 e. The summed E-state index contributed by atoms with van der Waals surface area (Å²) < 4.78 is 44.0. The molecule has 0 bridgehead atoms. The van der Waals surface area contributed by atoms with Crippen LogP contribution in [-0.4, -0.2) is 45.9 Å². The molecule has 1 atom stereocenters. The molecule has 0 spiro atoms. The van der Waals surface area contributed by atoms with Gasteiger partial charge in [-0.25, -0.2) is 4.79 Å². The minimum atomic E-state index is -4.81. The Hall–Kier alpha value is -1.47. The maximum Gasteiger partial charge on any atom is 0.411 e. The number of halogens is 3. The first-order valence-corrected chi connectivity index (χ1v) is 6.21. The van der Waals surface area contributed by atoms with Crippen molar-refractivity contribution in [2.45, 2.75) is 63.9 Å². The van der Waals surface area contributed by atoms with Crippen molar-refractivity contribution in [1.82, 2.24) is 4.90 Å². The van der Waals surface area contributed by atoms with Crippen molar-refractivity contribution < 1.29 is 32.6 Å². The highest BCUT2D eigenvalue weighted by atomic mass is 19.4. The standard InChI is InChI=1S/C12H18F3NO4/c1-11(2,3)20-10(19)16(7-4-5-7)8(6-9(17)18)12(13,14)15/h7-8H,4-6H2,1-3H3,(H,17,18). The van der Waals surface area contributed by atoms with Crippen LogP contribution in [0.2, 0.25) is 0 Å². The smallest absolute Gasteiger partial charge is 0.411 e. The van der Waals surface area contributed by atoms with Gasteiger partial charge in [-0.2, -0.15) is 13.2 Å². The molecule has 0 aromatic heterocycles. The summed E-state index contributed by atoms with van der Waals surface area (Å²) in [7, 11) is 0. The van der Waals surface area contributed by atoms with Crippen molar-refractivity contribution in [3.63, 3.8) is 0 Å². The van der Waals surface area contributed by atoms with Gasteiger partial charge in [-0.3, -0.25) is 9.69 Å². The summed E-state index contributed by atoms with van der Waals surface area (Å²) in [5.74, 6) is -1.61. The van der Waals surface area contributed by atoms with E-state index in [1.165, 1.54) is 20.8 Å². The van der Waals surface area contributed by atoms with E-state index in [0.717, 1.165) is 0 Å². The number of carboxylic acid groups (broad SMARTS) is 1. The molecule has 0 aliphatic heterocycles. The number of carbonyl (C=O) groups is 2. The maximum atomic E-state index is 13.0. The van der Waals surface area contributed by atoms with Crippen LogP contribution in [0.5, 0.6) is 0 Å². The van der Waals surface area contributed by atoms with Gasteiger partial charge in [0.2, 0.25) is 0 Å². The molecule has 0 aromatic carbocycles. The van der Waals surface area contributed by atoms with E-state index in [0.29, 0.717) is 17.7 Å². The Kier molecular flexibility index (Phi) is 4.55. The third kappa shape index (κ3) is 4.90. The molecule has 1 unspecified atom stereocenters. The highest BCUT2D eigenvalue weighted by Crippen LogP contribution is 2.37. The van der Waals surface area contributed by atoms with E-state index in [1.54, 1.807) is 0 Å². The molecule has 5 nitrogen and oxygen atoms in total. The van der Waals surface area contributed by atoms with Crippen molar-refractivity contribution in [3.05, 3.63) is 0 Å². The van der Waals surface area contributed by atoms with Gasteiger partial charge in [0.15, 0.2) is 0 Å². The minimum Gasteiger partial charge on any atom is -0.481 e. The monoisotopic (exact) mass is 297 g/mol. The number of nitrogens with zero attached hydrogens (tertiary/aromatic N) is 1. The number of hydrogen-bond donors (Lipinski definition) is 1. The molecule has 116 valence electrons. The second-order valence-electron chi connectivity index (χ2n) is 5.77. The molecule has 1 fully saturated rings. The van der Waals surface area contributed by atoms with Crippen molar-refractivity contribution >= 4 is 12.1 Å². The second-order valence-corrected chi connectivity index (χ2v) is 5.77. The first kappa shape index (κ1) is 16.6. The molecule has 0 aromatic rings. The number of aliphatic carboxylic acids is 1. The average Bonchev–Trinajstić information content (AvgIpc) is 2.95. The third-order valence-electron chi connectivity index (χ3n) is 2.63. The van der Waals surface area contributed by atoms with Crippen LogP contribution in [-0.2, 0) is 9.53 Å². The molecule has 1 rings (SSSR count).